The van der Waals surface area contributed by atoms with Crippen LogP contribution in [-0.4, -0.2) is 12.6 Å². The van der Waals surface area contributed by atoms with Crippen molar-refractivity contribution in [1.82, 2.24) is 0 Å². The fourth-order valence-electron chi connectivity index (χ4n) is 2.76. The Bertz CT molecular complexity index is 470. The molecule has 1 aromatic carbocycles. The van der Waals surface area contributed by atoms with Gasteiger partial charge in [0.25, 0.3) is 0 Å². The molecule has 1 unspecified atom stereocenters. The minimum Gasteiger partial charge on any atom is -0.466 e. The summed E-state index contributed by atoms with van der Waals surface area (Å²) in [7, 11) is 0. The Balaban J connectivity index is 2.22. The van der Waals surface area contributed by atoms with E-state index in [1.54, 1.807) is 6.07 Å². The van der Waals surface area contributed by atoms with E-state index in [1.807, 2.05) is 19.1 Å². The molecule has 4 heteroatoms. The monoisotopic (exact) mass is 261 g/mol. The van der Waals surface area contributed by atoms with Crippen LogP contribution < -0.4 is 0 Å². The summed E-state index contributed by atoms with van der Waals surface area (Å²) in [5, 5.41) is 2.98. The molecular formula is C15H19NO3. The number of carbonyl (C=O) groups is 1. The minimum absolute atomic E-state index is 0.141. The largest absolute Gasteiger partial charge is 0.466 e. The Morgan fingerprint density at radius 3 is 3.00 bits per heavy atom. The standard InChI is InChI=1S/C15H19NO3/c1-2-19-15(17)10-12-6-4-3-5-11-9-13(16-18)7-8-14(11)12/h7-9,12H,2-6,10H2,1H3. The summed E-state index contributed by atoms with van der Waals surface area (Å²) in [6.07, 6.45) is 4.57. The maximum Gasteiger partial charge on any atom is 0.306 e. The zero-order valence-corrected chi connectivity index (χ0v) is 11.2. The second-order valence-corrected chi connectivity index (χ2v) is 4.93. The van der Waals surface area contributed by atoms with Crippen molar-refractivity contribution in [3.05, 3.63) is 34.2 Å². The predicted octanol–water partition coefficient (Wildman–Crippen LogP) is 3.85. The van der Waals surface area contributed by atoms with Crippen LogP contribution in [0.2, 0.25) is 0 Å². The van der Waals surface area contributed by atoms with E-state index in [-0.39, 0.29) is 11.9 Å². The average Bonchev–Trinajstić information content (AvgIpc) is 2.61. The topological polar surface area (TPSA) is 55.7 Å². The van der Waals surface area contributed by atoms with Gasteiger partial charge in [-0.25, -0.2) is 0 Å². The normalized spacial score (nSPS) is 18.3. The van der Waals surface area contributed by atoms with Crippen molar-refractivity contribution in [3.63, 3.8) is 0 Å². The van der Waals surface area contributed by atoms with E-state index in [9.17, 15) is 9.70 Å². The van der Waals surface area contributed by atoms with Crippen LogP contribution in [0.25, 0.3) is 0 Å². The van der Waals surface area contributed by atoms with E-state index in [0.29, 0.717) is 18.7 Å². The molecule has 0 radical (unpaired) electrons. The van der Waals surface area contributed by atoms with Crippen LogP contribution in [0.4, 0.5) is 5.69 Å². The summed E-state index contributed by atoms with van der Waals surface area (Å²) in [4.78, 5) is 22.3. The van der Waals surface area contributed by atoms with Crippen LogP contribution >= 0.6 is 0 Å². The fourth-order valence-corrected chi connectivity index (χ4v) is 2.76. The molecule has 19 heavy (non-hydrogen) atoms. The molecule has 0 N–H and O–H groups in total. The van der Waals surface area contributed by atoms with Crippen LogP contribution in [0.15, 0.2) is 23.4 Å². The maximum atomic E-state index is 11.7. The first kappa shape index (κ1) is 13.7. The molecule has 4 nitrogen and oxygen atoms in total. The SMILES string of the molecule is CCOC(=O)CC1CCCCc2cc(N=O)ccc21. The zero-order valence-electron chi connectivity index (χ0n) is 11.2. The fraction of sp³-hybridized carbons (Fsp3) is 0.533. The van der Waals surface area contributed by atoms with Gasteiger partial charge in [0.05, 0.1) is 13.0 Å². The number of nitroso groups, excluding NO2 is 1. The number of esters is 1. The third kappa shape index (κ3) is 3.40. The van der Waals surface area contributed by atoms with Crippen molar-refractivity contribution in [1.29, 1.82) is 0 Å². The Morgan fingerprint density at radius 1 is 1.42 bits per heavy atom. The molecule has 0 aromatic heterocycles. The highest BCUT2D eigenvalue weighted by atomic mass is 16.5. The molecule has 0 amide bonds. The Hall–Kier alpha value is -1.71. The molecule has 1 aliphatic carbocycles. The number of rotatable bonds is 4. The lowest BCUT2D eigenvalue weighted by atomic mass is 9.90. The highest BCUT2D eigenvalue weighted by molar-refractivity contribution is 5.70. The van der Waals surface area contributed by atoms with Gasteiger partial charge < -0.3 is 4.74 Å². The Labute approximate surface area is 113 Å². The van der Waals surface area contributed by atoms with E-state index in [0.717, 1.165) is 31.2 Å². The highest BCUT2D eigenvalue weighted by Crippen LogP contribution is 2.35. The van der Waals surface area contributed by atoms with Gasteiger partial charge in [-0.1, -0.05) is 12.5 Å². The molecule has 1 atom stereocenters. The lowest BCUT2D eigenvalue weighted by molar-refractivity contribution is -0.143. The molecule has 1 aliphatic rings. The van der Waals surface area contributed by atoms with Gasteiger partial charge in [-0.3, -0.25) is 4.79 Å². The third-order valence-electron chi connectivity index (χ3n) is 3.64. The second kappa shape index (κ2) is 6.45. The molecule has 0 fully saturated rings. The lowest BCUT2D eigenvalue weighted by Gasteiger charge is -2.16. The molecule has 1 aromatic rings. The summed E-state index contributed by atoms with van der Waals surface area (Å²) in [5.41, 5.74) is 2.80. The second-order valence-electron chi connectivity index (χ2n) is 4.93. The zero-order chi connectivity index (χ0) is 13.7. The molecule has 0 heterocycles. The molecule has 0 spiro atoms. The van der Waals surface area contributed by atoms with Gasteiger partial charge in [0.2, 0.25) is 0 Å². The number of hydrogen-bond acceptors (Lipinski definition) is 4. The van der Waals surface area contributed by atoms with Gasteiger partial charge in [-0.05, 0) is 60.5 Å². The van der Waals surface area contributed by atoms with Crippen molar-refractivity contribution in [2.24, 2.45) is 5.18 Å². The van der Waals surface area contributed by atoms with Crippen LogP contribution in [0.1, 0.15) is 49.7 Å². The summed E-state index contributed by atoms with van der Waals surface area (Å²) in [5.74, 6) is 0.0650. The van der Waals surface area contributed by atoms with E-state index >= 15 is 0 Å². The average molecular weight is 261 g/mol. The van der Waals surface area contributed by atoms with Crippen LogP contribution in [0, 0.1) is 4.91 Å². The van der Waals surface area contributed by atoms with Crippen molar-refractivity contribution >= 4 is 11.7 Å². The predicted molar refractivity (Wildman–Crippen MR) is 73.4 cm³/mol. The summed E-state index contributed by atoms with van der Waals surface area (Å²) < 4.78 is 5.04. The molecular weight excluding hydrogens is 242 g/mol. The molecule has 0 saturated heterocycles. The number of aryl methyl sites for hydroxylation is 1. The van der Waals surface area contributed by atoms with Crippen molar-refractivity contribution in [3.8, 4) is 0 Å². The van der Waals surface area contributed by atoms with Gasteiger partial charge in [-0.15, -0.1) is 4.91 Å². The Kier molecular flexibility index (Phi) is 4.66. The highest BCUT2D eigenvalue weighted by Gasteiger charge is 2.22. The van der Waals surface area contributed by atoms with Crippen LogP contribution in [0.3, 0.4) is 0 Å². The summed E-state index contributed by atoms with van der Waals surface area (Å²) >= 11 is 0. The van der Waals surface area contributed by atoms with Crippen LogP contribution in [0.5, 0.6) is 0 Å². The first-order valence-corrected chi connectivity index (χ1v) is 6.86. The van der Waals surface area contributed by atoms with Gasteiger partial charge in [0, 0.05) is 0 Å². The number of carbonyl (C=O) groups excluding carboxylic acids is 1. The number of nitrogens with zero attached hydrogens (tertiary/aromatic N) is 1. The number of fused-ring (bicyclic) bond motifs is 1. The first-order chi connectivity index (χ1) is 9.24. The molecule has 0 aliphatic heterocycles. The number of benzene rings is 1. The summed E-state index contributed by atoms with van der Waals surface area (Å²) in [6.45, 7) is 2.24. The van der Waals surface area contributed by atoms with Crippen molar-refractivity contribution < 1.29 is 9.53 Å². The van der Waals surface area contributed by atoms with E-state index < -0.39 is 0 Å². The van der Waals surface area contributed by atoms with Gasteiger partial charge in [-0.2, -0.15) is 0 Å². The molecule has 102 valence electrons. The minimum atomic E-state index is -0.141. The van der Waals surface area contributed by atoms with Gasteiger partial charge in [0.1, 0.15) is 5.69 Å². The van der Waals surface area contributed by atoms with Gasteiger partial charge in [0.15, 0.2) is 0 Å². The van der Waals surface area contributed by atoms with Crippen molar-refractivity contribution in [2.75, 3.05) is 6.61 Å². The Morgan fingerprint density at radius 2 is 2.26 bits per heavy atom. The third-order valence-corrected chi connectivity index (χ3v) is 3.64. The summed E-state index contributed by atoms with van der Waals surface area (Å²) in [6, 6.07) is 5.53. The lowest BCUT2D eigenvalue weighted by Crippen LogP contribution is -2.11. The van der Waals surface area contributed by atoms with Crippen molar-refractivity contribution in [2.45, 2.75) is 44.9 Å². The molecule has 2 rings (SSSR count). The van der Waals surface area contributed by atoms with Crippen LogP contribution in [-0.2, 0) is 16.0 Å². The number of ether oxygens (including phenoxy) is 1. The number of hydrogen-bond donors (Lipinski definition) is 0. The van der Waals surface area contributed by atoms with E-state index in [2.05, 4.69) is 5.18 Å². The maximum absolute atomic E-state index is 11.7. The van der Waals surface area contributed by atoms with E-state index in [4.69, 9.17) is 4.74 Å². The first-order valence-electron chi connectivity index (χ1n) is 6.86. The molecule has 0 bridgehead atoms. The van der Waals surface area contributed by atoms with E-state index in [1.165, 1.54) is 5.56 Å². The smallest absolute Gasteiger partial charge is 0.306 e. The molecule has 0 saturated carbocycles. The van der Waals surface area contributed by atoms with Gasteiger partial charge >= 0.3 is 5.97 Å². The quantitative estimate of drug-likeness (QED) is 0.470.